The Hall–Kier alpha value is -1.69. The Labute approximate surface area is 104 Å². The summed E-state index contributed by atoms with van der Waals surface area (Å²) in [5, 5.41) is 11.2. The summed E-state index contributed by atoms with van der Waals surface area (Å²) in [6.07, 6.45) is 0.427. The van der Waals surface area contributed by atoms with Crippen LogP contribution in [0.5, 0.6) is 5.75 Å². The first-order valence-electron chi connectivity index (χ1n) is 5.51. The van der Waals surface area contributed by atoms with Crippen molar-refractivity contribution in [3.63, 3.8) is 0 Å². The van der Waals surface area contributed by atoms with Crippen LogP contribution in [-0.4, -0.2) is 30.3 Å². The number of rotatable bonds is 6. The van der Waals surface area contributed by atoms with Crippen molar-refractivity contribution in [3.05, 3.63) is 29.8 Å². The Kier molecular flexibility index (Phi) is 5.51. The number of hydrogen-bond acceptors (Lipinski definition) is 3. The summed E-state index contributed by atoms with van der Waals surface area (Å²) in [5.74, 6) is -2.17. The van der Waals surface area contributed by atoms with Gasteiger partial charge in [0.1, 0.15) is 5.82 Å². The number of hydrogen-bond donors (Lipinski definition) is 2. The zero-order chi connectivity index (χ0) is 13.5. The molecule has 0 aliphatic carbocycles. The monoisotopic (exact) mass is 259 g/mol. The van der Waals surface area contributed by atoms with E-state index in [9.17, 15) is 13.6 Å². The lowest BCUT2D eigenvalue weighted by molar-refractivity contribution is -0.123. The number of ether oxygens (including phenoxy) is 1. The number of aliphatic hydroxyl groups is 1. The van der Waals surface area contributed by atoms with Crippen molar-refractivity contribution in [1.29, 1.82) is 0 Å². The average molecular weight is 259 g/mol. The van der Waals surface area contributed by atoms with Gasteiger partial charge in [-0.05, 0) is 25.5 Å². The second kappa shape index (κ2) is 6.90. The van der Waals surface area contributed by atoms with Crippen LogP contribution in [0, 0.1) is 11.6 Å². The van der Waals surface area contributed by atoms with Gasteiger partial charge in [0, 0.05) is 18.7 Å². The van der Waals surface area contributed by atoms with E-state index in [1.165, 1.54) is 0 Å². The lowest BCUT2D eigenvalue weighted by Gasteiger charge is -2.13. The van der Waals surface area contributed by atoms with E-state index in [4.69, 9.17) is 9.84 Å². The van der Waals surface area contributed by atoms with Crippen molar-refractivity contribution in [1.82, 2.24) is 5.32 Å². The quantitative estimate of drug-likeness (QED) is 0.808. The Morgan fingerprint density at radius 2 is 2.22 bits per heavy atom. The highest BCUT2D eigenvalue weighted by Crippen LogP contribution is 2.17. The third kappa shape index (κ3) is 4.67. The molecule has 0 saturated heterocycles. The molecule has 0 spiro atoms. The smallest absolute Gasteiger partial charge is 0.258 e. The lowest BCUT2D eigenvalue weighted by Crippen LogP contribution is -2.36. The molecule has 100 valence electrons. The van der Waals surface area contributed by atoms with Crippen molar-refractivity contribution in [2.75, 3.05) is 13.2 Å². The van der Waals surface area contributed by atoms with Crippen molar-refractivity contribution in [3.8, 4) is 5.75 Å². The summed E-state index contributed by atoms with van der Waals surface area (Å²) < 4.78 is 30.7. The number of halogens is 2. The van der Waals surface area contributed by atoms with Gasteiger partial charge in [-0.2, -0.15) is 0 Å². The average Bonchev–Trinajstić information content (AvgIpc) is 2.28. The molecule has 1 aromatic rings. The topological polar surface area (TPSA) is 58.6 Å². The van der Waals surface area contributed by atoms with Gasteiger partial charge >= 0.3 is 0 Å². The molecule has 18 heavy (non-hydrogen) atoms. The van der Waals surface area contributed by atoms with E-state index in [0.29, 0.717) is 12.5 Å². The van der Waals surface area contributed by atoms with Crippen molar-refractivity contribution in [2.45, 2.75) is 19.4 Å². The highest BCUT2D eigenvalue weighted by atomic mass is 19.1. The predicted molar refractivity (Wildman–Crippen MR) is 61.2 cm³/mol. The third-order valence-electron chi connectivity index (χ3n) is 2.22. The zero-order valence-corrected chi connectivity index (χ0v) is 9.95. The summed E-state index contributed by atoms with van der Waals surface area (Å²) >= 11 is 0. The van der Waals surface area contributed by atoms with Crippen LogP contribution >= 0.6 is 0 Å². The summed E-state index contributed by atoms with van der Waals surface area (Å²) in [6.45, 7) is 1.33. The summed E-state index contributed by atoms with van der Waals surface area (Å²) in [7, 11) is 0. The molecule has 0 saturated carbocycles. The van der Waals surface area contributed by atoms with Crippen LogP contribution in [-0.2, 0) is 4.79 Å². The van der Waals surface area contributed by atoms with Gasteiger partial charge in [0.05, 0.1) is 0 Å². The maximum Gasteiger partial charge on any atom is 0.258 e. The predicted octanol–water partition coefficient (Wildman–Crippen LogP) is 1.23. The van der Waals surface area contributed by atoms with Gasteiger partial charge in [-0.1, -0.05) is 0 Å². The molecule has 0 fully saturated rings. The first-order valence-corrected chi connectivity index (χ1v) is 5.51. The SMILES string of the molecule is CC(CCO)NC(=O)COc1ccc(F)cc1F. The van der Waals surface area contributed by atoms with E-state index >= 15 is 0 Å². The first kappa shape index (κ1) is 14.4. The molecule has 0 heterocycles. The van der Waals surface area contributed by atoms with E-state index in [2.05, 4.69) is 5.32 Å². The van der Waals surface area contributed by atoms with E-state index in [-0.39, 0.29) is 25.0 Å². The molecule has 1 unspecified atom stereocenters. The van der Waals surface area contributed by atoms with Crippen LogP contribution < -0.4 is 10.1 Å². The maximum atomic E-state index is 13.2. The van der Waals surface area contributed by atoms with Crippen LogP contribution in [0.25, 0.3) is 0 Å². The Balaban J connectivity index is 2.42. The van der Waals surface area contributed by atoms with Gasteiger partial charge < -0.3 is 15.2 Å². The molecule has 0 aliphatic heterocycles. The van der Waals surface area contributed by atoms with Gasteiger partial charge in [-0.3, -0.25) is 4.79 Å². The van der Waals surface area contributed by atoms with Crippen LogP contribution in [0.3, 0.4) is 0 Å². The number of amides is 1. The Bertz CT molecular complexity index is 412. The molecule has 4 nitrogen and oxygen atoms in total. The highest BCUT2D eigenvalue weighted by molar-refractivity contribution is 5.77. The molecular weight excluding hydrogens is 244 g/mol. The van der Waals surface area contributed by atoms with Gasteiger partial charge in [0.25, 0.3) is 5.91 Å². The fourth-order valence-electron chi connectivity index (χ4n) is 1.32. The second-order valence-electron chi connectivity index (χ2n) is 3.84. The van der Waals surface area contributed by atoms with E-state index < -0.39 is 17.5 Å². The van der Waals surface area contributed by atoms with E-state index in [1.54, 1.807) is 6.92 Å². The molecule has 6 heteroatoms. The molecule has 1 atom stereocenters. The summed E-state index contributed by atoms with van der Waals surface area (Å²) in [4.78, 5) is 11.4. The molecule has 0 aliphatic rings. The van der Waals surface area contributed by atoms with Crippen molar-refractivity contribution < 1.29 is 23.4 Å². The molecule has 0 radical (unpaired) electrons. The van der Waals surface area contributed by atoms with E-state index in [1.807, 2.05) is 0 Å². The van der Waals surface area contributed by atoms with Gasteiger partial charge in [0.2, 0.25) is 0 Å². The van der Waals surface area contributed by atoms with Crippen LogP contribution in [0.15, 0.2) is 18.2 Å². The number of aliphatic hydroxyl groups excluding tert-OH is 1. The van der Waals surface area contributed by atoms with Gasteiger partial charge in [0.15, 0.2) is 18.2 Å². The minimum absolute atomic E-state index is 0.0328. The van der Waals surface area contributed by atoms with Crippen LogP contribution in [0.1, 0.15) is 13.3 Å². The standard InChI is InChI=1S/C12H15F2NO3/c1-8(4-5-16)15-12(17)7-18-11-3-2-9(13)6-10(11)14/h2-3,6,8,16H,4-5,7H2,1H3,(H,15,17). The zero-order valence-electron chi connectivity index (χ0n) is 9.95. The summed E-state index contributed by atoms with van der Waals surface area (Å²) in [5.41, 5.74) is 0. The van der Waals surface area contributed by atoms with Gasteiger partial charge in [-0.25, -0.2) is 8.78 Å². The second-order valence-corrected chi connectivity index (χ2v) is 3.84. The summed E-state index contributed by atoms with van der Waals surface area (Å²) in [6, 6.07) is 2.66. The molecule has 0 aromatic heterocycles. The fraction of sp³-hybridized carbons (Fsp3) is 0.417. The third-order valence-corrected chi connectivity index (χ3v) is 2.22. The van der Waals surface area contributed by atoms with Crippen LogP contribution in [0.2, 0.25) is 0 Å². The van der Waals surface area contributed by atoms with E-state index in [0.717, 1.165) is 12.1 Å². The van der Waals surface area contributed by atoms with Gasteiger partial charge in [-0.15, -0.1) is 0 Å². The maximum absolute atomic E-state index is 13.2. The molecule has 1 rings (SSSR count). The fourth-order valence-corrected chi connectivity index (χ4v) is 1.32. The Morgan fingerprint density at radius 3 is 2.83 bits per heavy atom. The first-order chi connectivity index (χ1) is 8.52. The Morgan fingerprint density at radius 1 is 1.50 bits per heavy atom. The molecular formula is C12H15F2NO3. The minimum Gasteiger partial charge on any atom is -0.481 e. The minimum atomic E-state index is -0.855. The number of benzene rings is 1. The van der Waals surface area contributed by atoms with Crippen LogP contribution in [0.4, 0.5) is 8.78 Å². The van der Waals surface area contributed by atoms with Crippen molar-refractivity contribution >= 4 is 5.91 Å². The molecule has 2 N–H and O–H groups in total. The molecule has 1 aromatic carbocycles. The number of nitrogens with one attached hydrogen (secondary N) is 1. The molecule has 1 amide bonds. The largest absolute Gasteiger partial charge is 0.481 e. The number of carbonyl (C=O) groups excluding carboxylic acids is 1. The normalized spacial score (nSPS) is 12.0. The number of carbonyl (C=O) groups is 1. The lowest BCUT2D eigenvalue weighted by atomic mass is 10.2. The molecule has 0 bridgehead atoms. The van der Waals surface area contributed by atoms with Crippen molar-refractivity contribution in [2.24, 2.45) is 0 Å². The highest BCUT2D eigenvalue weighted by Gasteiger charge is 2.10.